The largest absolute Gasteiger partial charge is 0.353 e. The van der Waals surface area contributed by atoms with Gasteiger partial charge in [0.1, 0.15) is 0 Å². The van der Waals surface area contributed by atoms with Gasteiger partial charge >= 0.3 is 0 Å². The van der Waals surface area contributed by atoms with E-state index in [-0.39, 0.29) is 0 Å². The lowest BCUT2D eigenvalue weighted by Gasteiger charge is -2.32. The average Bonchev–Trinajstić information content (AvgIpc) is 3.22. The fourth-order valence-electron chi connectivity index (χ4n) is 2.19. The minimum Gasteiger partial charge on any atom is -0.353 e. The maximum absolute atomic E-state index is 4.34. The lowest BCUT2D eigenvalue weighted by Crippen LogP contribution is -2.44. The molecule has 1 aromatic rings. The van der Waals surface area contributed by atoms with Gasteiger partial charge in [-0.25, -0.2) is 0 Å². The fourth-order valence-corrected chi connectivity index (χ4v) is 2.19. The second kappa shape index (κ2) is 5.20. The molecule has 1 saturated heterocycles. The molecule has 5 heteroatoms. The molecule has 18 heavy (non-hydrogen) atoms. The molecule has 1 N–H and O–H groups in total. The van der Waals surface area contributed by atoms with E-state index in [1.165, 1.54) is 12.8 Å². The molecule has 1 aromatic heterocycles. The maximum atomic E-state index is 4.34. The Labute approximate surface area is 108 Å². The Balaban J connectivity index is 1.56. The summed E-state index contributed by atoms with van der Waals surface area (Å²) >= 11 is 0. The average molecular weight is 247 g/mol. The number of hydrogen-bond acceptors (Lipinski definition) is 5. The van der Waals surface area contributed by atoms with Gasteiger partial charge in [0.15, 0.2) is 5.82 Å². The van der Waals surface area contributed by atoms with E-state index >= 15 is 0 Å². The first-order chi connectivity index (χ1) is 8.81. The SMILES string of the molecule is CN1CCN(c2ccc(CNC3CC3)nn2)CC1. The van der Waals surface area contributed by atoms with Crippen molar-refractivity contribution in [2.45, 2.75) is 25.4 Å². The standard InChI is InChI=1S/C13H21N5/c1-17-6-8-18(9-7-17)13-5-4-12(15-16-13)10-14-11-2-3-11/h4-5,11,14H,2-3,6-10H2,1H3. The van der Waals surface area contributed by atoms with E-state index in [4.69, 9.17) is 0 Å². The van der Waals surface area contributed by atoms with E-state index in [1.54, 1.807) is 0 Å². The minimum absolute atomic E-state index is 0.726. The van der Waals surface area contributed by atoms with E-state index in [9.17, 15) is 0 Å². The normalized spacial score (nSPS) is 21.3. The third-order valence-electron chi connectivity index (χ3n) is 3.68. The molecule has 2 heterocycles. The van der Waals surface area contributed by atoms with Crippen LogP contribution < -0.4 is 10.2 Å². The summed E-state index contributed by atoms with van der Waals surface area (Å²) < 4.78 is 0. The van der Waals surface area contributed by atoms with Crippen molar-refractivity contribution in [1.29, 1.82) is 0 Å². The van der Waals surface area contributed by atoms with Crippen molar-refractivity contribution < 1.29 is 0 Å². The van der Waals surface area contributed by atoms with E-state index in [0.717, 1.165) is 50.3 Å². The van der Waals surface area contributed by atoms with Gasteiger partial charge in [-0.15, -0.1) is 5.10 Å². The maximum Gasteiger partial charge on any atom is 0.151 e. The highest BCUT2D eigenvalue weighted by Gasteiger charge is 2.20. The third-order valence-corrected chi connectivity index (χ3v) is 3.68. The second-order valence-electron chi connectivity index (χ2n) is 5.33. The molecule has 0 spiro atoms. The Bertz CT molecular complexity index is 379. The van der Waals surface area contributed by atoms with Crippen LogP contribution in [0.1, 0.15) is 18.5 Å². The van der Waals surface area contributed by atoms with Crippen LogP contribution in [0, 0.1) is 0 Å². The molecular formula is C13H21N5. The van der Waals surface area contributed by atoms with Crippen molar-refractivity contribution in [1.82, 2.24) is 20.4 Å². The minimum atomic E-state index is 0.726. The summed E-state index contributed by atoms with van der Waals surface area (Å²) in [6.07, 6.45) is 2.62. The van der Waals surface area contributed by atoms with Gasteiger partial charge in [-0.2, -0.15) is 5.10 Å². The number of likely N-dealkylation sites (N-methyl/N-ethyl adjacent to an activating group) is 1. The van der Waals surface area contributed by atoms with Gasteiger partial charge in [0.05, 0.1) is 5.69 Å². The van der Waals surface area contributed by atoms with Crippen LogP contribution in [0.25, 0.3) is 0 Å². The summed E-state index contributed by atoms with van der Waals surface area (Å²) in [4.78, 5) is 4.66. The third kappa shape index (κ3) is 2.97. The molecule has 0 atom stereocenters. The van der Waals surface area contributed by atoms with Gasteiger partial charge < -0.3 is 15.1 Å². The number of nitrogens with zero attached hydrogens (tertiary/aromatic N) is 4. The van der Waals surface area contributed by atoms with Gasteiger partial charge in [-0.05, 0) is 32.0 Å². The topological polar surface area (TPSA) is 44.3 Å². The van der Waals surface area contributed by atoms with Crippen molar-refractivity contribution in [2.24, 2.45) is 0 Å². The fraction of sp³-hybridized carbons (Fsp3) is 0.692. The Kier molecular flexibility index (Phi) is 3.43. The zero-order chi connectivity index (χ0) is 12.4. The van der Waals surface area contributed by atoms with Crippen LogP contribution in [0.3, 0.4) is 0 Å². The van der Waals surface area contributed by atoms with Crippen LogP contribution in [0.15, 0.2) is 12.1 Å². The molecule has 0 bridgehead atoms. The van der Waals surface area contributed by atoms with E-state index < -0.39 is 0 Å². The highest BCUT2D eigenvalue weighted by atomic mass is 15.3. The smallest absolute Gasteiger partial charge is 0.151 e. The van der Waals surface area contributed by atoms with Crippen LogP contribution in [-0.2, 0) is 6.54 Å². The molecule has 1 saturated carbocycles. The second-order valence-corrected chi connectivity index (χ2v) is 5.33. The quantitative estimate of drug-likeness (QED) is 0.838. The summed E-state index contributed by atoms with van der Waals surface area (Å²) in [5.41, 5.74) is 1.04. The highest BCUT2D eigenvalue weighted by Crippen LogP contribution is 2.19. The molecule has 98 valence electrons. The molecule has 1 aliphatic carbocycles. The van der Waals surface area contributed by atoms with Crippen LogP contribution in [0.4, 0.5) is 5.82 Å². The number of piperazine rings is 1. The van der Waals surface area contributed by atoms with E-state index in [0.29, 0.717) is 0 Å². The van der Waals surface area contributed by atoms with Gasteiger partial charge in [-0.3, -0.25) is 0 Å². The molecule has 1 aliphatic heterocycles. The monoisotopic (exact) mass is 247 g/mol. The summed E-state index contributed by atoms with van der Waals surface area (Å²) in [6, 6.07) is 4.92. The summed E-state index contributed by atoms with van der Waals surface area (Å²) in [5, 5.41) is 12.1. The van der Waals surface area contributed by atoms with Crippen molar-refractivity contribution in [3.8, 4) is 0 Å². The molecule has 5 nitrogen and oxygen atoms in total. The van der Waals surface area contributed by atoms with Crippen LogP contribution >= 0.6 is 0 Å². The Hall–Kier alpha value is -1.20. The molecule has 0 amide bonds. The van der Waals surface area contributed by atoms with Crippen molar-refractivity contribution in [3.05, 3.63) is 17.8 Å². The predicted molar refractivity (Wildman–Crippen MR) is 71.6 cm³/mol. The van der Waals surface area contributed by atoms with Gasteiger partial charge in [0.25, 0.3) is 0 Å². The summed E-state index contributed by atoms with van der Waals surface area (Å²) in [6.45, 7) is 5.15. The molecule has 2 aliphatic rings. The molecule has 0 unspecified atom stereocenters. The first kappa shape index (κ1) is 11.9. The number of rotatable bonds is 4. The van der Waals surface area contributed by atoms with Gasteiger partial charge in [-0.1, -0.05) is 0 Å². The first-order valence-electron chi connectivity index (χ1n) is 6.81. The number of anilines is 1. The Morgan fingerprint density at radius 3 is 2.56 bits per heavy atom. The molecule has 0 radical (unpaired) electrons. The van der Waals surface area contributed by atoms with Crippen molar-refractivity contribution >= 4 is 5.82 Å². The number of hydrogen-bond donors (Lipinski definition) is 1. The first-order valence-corrected chi connectivity index (χ1v) is 6.81. The number of aromatic nitrogens is 2. The molecular weight excluding hydrogens is 226 g/mol. The lowest BCUT2D eigenvalue weighted by atomic mass is 10.3. The van der Waals surface area contributed by atoms with Crippen molar-refractivity contribution in [2.75, 3.05) is 38.1 Å². The Morgan fingerprint density at radius 1 is 1.17 bits per heavy atom. The lowest BCUT2D eigenvalue weighted by molar-refractivity contribution is 0.311. The van der Waals surface area contributed by atoms with Crippen LogP contribution in [-0.4, -0.2) is 54.4 Å². The van der Waals surface area contributed by atoms with E-state index in [1.807, 2.05) is 0 Å². The van der Waals surface area contributed by atoms with Crippen LogP contribution in [0.2, 0.25) is 0 Å². The summed E-state index contributed by atoms with van der Waals surface area (Å²) in [5.74, 6) is 1.01. The predicted octanol–water partition coefficient (Wildman–Crippen LogP) is 0.480. The van der Waals surface area contributed by atoms with Crippen LogP contribution in [0.5, 0.6) is 0 Å². The van der Waals surface area contributed by atoms with Gasteiger partial charge in [0, 0.05) is 38.8 Å². The zero-order valence-corrected chi connectivity index (χ0v) is 11.0. The van der Waals surface area contributed by atoms with Crippen molar-refractivity contribution in [3.63, 3.8) is 0 Å². The summed E-state index contributed by atoms with van der Waals surface area (Å²) in [7, 11) is 2.16. The Morgan fingerprint density at radius 2 is 1.94 bits per heavy atom. The zero-order valence-electron chi connectivity index (χ0n) is 11.0. The molecule has 2 fully saturated rings. The molecule has 0 aromatic carbocycles. The molecule has 3 rings (SSSR count). The van der Waals surface area contributed by atoms with Gasteiger partial charge in [0.2, 0.25) is 0 Å². The highest BCUT2D eigenvalue weighted by molar-refractivity contribution is 5.37. The number of nitrogens with one attached hydrogen (secondary N) is 1. The van der Waals surface area contributed by atoms with E-state index in [2.05, 4.69) is 44.5 Å².